The number of furan rings is 1. The Balaban J connectivity index is 0.00000300. The fraction of sp³-hybridized carbons (Fsp3) is 0.476. The number of anilines is 1. The standard InChI is InChI=1S/C21H30FN5O.HI/c1-2-23-21(24-10-9-20-4-3-17-28-20)25-11-12-26-13-15-27(16-14-26)19-7-5-18(22)6-8-19;/h3-8,17H,2,9-16H2,1H3,(H2,23,24,25);1H. The van der Waals surface area contributed by atoms with Gasteiger partial charge in [-0.3, -0.25) is 9.89 Å². The Kier molecular flexibility index (Phi) is 10.3. The predicted octanol–water partition coefficient (Wildman–Crippen LogP) is 2.96. The van der Waals surface area contributed by atoms with E-state index in [1.54, 1.807) is 6.26 Å². The number of aliphatic imine (C=N–C) groups is 1. The summed E-state index contributed by atoms with van der Waals surface area (Å²) in [6, 6.07) is 10.6. The highest BCUT2D eigenvalue weighted by molar-refractivity contribution is 14.0. The third kappa shape index (κ3) is 7.85. The lowest BCUT2D eigenvalue weighted by Gasteiger charge is -2.35. The SMILES string of the molecule is CCNC(=NCCN1CCN(c2ccc(F)cc2)CC1)NCCc1ccco1.I. The molecule has 3 rings (SSSR count). The van der Waals surface area contributed by atoms with Gasteiger partial charge in [0.15, 0.2) is 5.96 Å². The fourth-order valence-electron chi connectivity index (χ4n) is 3.29. The number of guanidine groups is 1. The van der Waals surface area contributed by atoms with Crippen LogP contribution in [0, 0.1) is 5.82 Å². The van der Waals surface area contributed by atoms with Crippen LogP contribution >= 0.6 is 24.0 Å². The average molecular weight is 515 g/mol. The maximum atomic E-state index is 13.1. The lowest BCUT2D eigenvalue weighted by molar-refractivity contribution is 0.265. The van der Waals surface area contributed by atoms with Crippen molar-refractivity contribution in [2.45, 2.75) is 13.3 Å². The van der Waals surface area contributed by atoms with E-state index in [0.29, 0.717) is 0 Å². The van der Waals surface area contributed by atoms with E-state index in [1.807, 2.05) is 24.3 Å². The van der Waals surface area contributed by atoms with Gasteiger partial charge in [-0.05, 0) is 43.3 Å². The van der Waals surface area contributed by atoms with E-state index in [9.17, 15) is 4.39 Å². The first-order valence-electron chi connectivity index (χ1n) is 10.0. The number of hydrogen-bond donors (Lipinski definition) is 2. The Bertz CT molecular complexity index is 715. The number of halogens is 2. The van der Waals surface area contributed by atoms with Crippen LogP contribution in [-0.4, -0.2) is 63.2 Å². The van der Waals surface area contributed by atoms with Crippen LogP contribution in [0.3, 0.4) is 0 Å². The topological polar surface area (TPSA) is 56.0 Å². The molecule has 1 aromatic heterocycles. The van der Waals surface area contributed by atoms with E-state index >= 15 is 0 Å². The summed E-state index contributed by atoms with van der Waals surface area (Å²) >= 11 is 0. The number of benzene rings is 1. The summed E-state index contributed by atoms with van der Waals surface area (Å²) in [5, 5.41) is 6.64. The molecule has 0 aliphatic carbocycles. The summed E-state index contributed by atoms with van der Waals surface area (Å²) in [5.41, 5.74) is 1.09. The molecule has 1 aliphatic rings. The lowest BCUT2D eigenvalue weighted by atomic mass is 10.2. The quantitative estimate of drug-likeness (QED) is 0.322. The molecule has 160 valence electrons. The van der Waals surface area contributed by atoms with Gasteiger partial charge in [0.25, 0.3) is 0 Å². The third-order valence-electron chi connectivity index (χ3n) is 4.84. The molecule has 0 atom stereocenters. The summed E-state index contributed by atoms with van der Waals surface area (Å²) in [6.07, 6.45) is 2.53. The molecule has 0 bridgehead atoms. The molecular weight excluding hydrogens is 484 g/mol. The van der Waals surface area contributed by atoms with Crippen molar-refractivity contribution in [1.29, 1.82) is 0 Å². The minimum atomic E-state index is -0.186. The third-order valence-corrected chi connectivity index (χ3v) is 4.84. The van der Waals surface area contributed by atoms with E-state index in [2.05, 4.69) is 32.3 Å². The lowest BCUT2D eigenvalue weighted by Crippen LogP contribution is -2.47. The monoisotopic (exact) mass is 515 g/mol. The van der Waals surface area contributed by atoms with Crippen LogP contribution in [0.15, 0.2) is 52.1 Å². The van der Waals surface area contributed by atoms with Gasteiger partial charge in [0.1, 0.15) is 11.6 Å². The smallest absolute Gasteiger partial charge is 0.191 e. The van der Waals surface area contributed by atoms with Crippen molar-refractivity contribution in [3.63, 3.8) is 0 Å². The second kappa shape index (κ2) is 12.7. The van der Waals surface area contributed by atoms with E-state index in [-0.39, 0.29) is 29.8 Å². The van der Waals surface area contributed by atoms with Crippen molar-refractivity contribution in [2.24, 2.45) is 4.99 Å². The molecule has 2 aromatic rings. The molecule has 1 aliphatic heterocycles. The maximum Gasteiger partial charge on any atom is 0.191 e. The molecule has 29 heavy (non-hydrogen) atoms. The number of hydrogen-bond acceptors (Lipinski definition) is 4. The van der Waals surface area contributed by atoms with Crippen LogP contribution in [0.25, 0.3) is 0 Å². The average Bonchev–Trinajstić information content (AvgIpc) is 3.23. The Hall–Kier alpha value is -1.81. The maximum absolute atomic E-state index is 13.1. The number of nitrogens with one attached hydrogen (secondary N) is 2. The van der Waals surface area contributed by atoms with Gasteiger partial charge in [0, 0.05) is 57.9 Å². The van der Waals surface area contributed by atoms with Crippen LogP contribution in [0.5, 0.6) is 0 Å². The highest BCUT2D eigenvalue weighted by atomic mass is 127. The molecule has 1 aromatic carbocycles. The Labute approximate surface area is 189 Å². The van der Waals surface area contributed by atoms with E-state index in [0.717, 1.165) is 76.2 Å². The van der Waals surface area contributed by atoms with Crippen LogP contribution in [-0.2, 0) is 6.42 Å². The minimum absolute atomic E-state index is 0. The zero-order valence-corrected chi connectivity index (χ0v) is 19.3. The van der Waals surface area contributed by atoms with Gasteiger partial charge in [-0.25, -0.2) is 4.39 Å². The molecule has 2 heterocycles. The van der Waals surface area contributed by atoms with Gasteiger partial charge >= 0.3 is 0 Å². The Morgan fingerprint density at radius 3 is 2.52 bits per heavy atom. The zero-order valence-electron chi connectivity index (χ0n) is 16.9. The molecule has 2 N–H and O–H groups in total. The molecular formula is C21H31FIN5O. The van der Waals surface area contributed by atoms with Crippen LogP contribution in [0.1, 0.15) is 12.7 Å². The van der Waals surface area contributed by atoms with Gasteiger partial charge in [0.2, 0.25) is 0 Å². The van der Waals surface area contributed by atoms with E-state index < -0.39 is 0 Å². The van der Waals surface area contributed by atoms with Crippen molar-refractivity contribution >= 4 is 35.6 Å². The number of piperazine rings is 1. The number of rotatable bonds is 8. The van der Waals surface area contributed by atoms with Gasteiger partial charge in [-0.2, -0.15) is 0 Å². The van der Waals surface area contributed by atoms with Gasteiger partial charge < -0.3 is 20.0 Å². The molecule has 0 spiro atoms. The highest BCUT2D eigenvalue weighted by Crippen LogP contribution is 2.16. The van der Waals surface area contributed by atoms with Gasteiger partial charge in [-0.15, -0.1) is 24.0 Å². The summed E-state index contributed by atoms with van der Waals surface area (Å²) in [5.74, 6) is 1.64. The fourth-order valence-corrected chi connectivity index (χ4v) is 3.29. The van der Waals surface area contributed by atoms with E-state index in [4.69, 9.17) is 4.42 Å². The summed E-state index contributed by atoms with van der Waals surface area (Å²) in [6.45, 7) is 9.29. The molecule has 1 fully saturated rings. The highest BCUT2D eigenvalue weighted by Gasteiger charge is 2.16. The predicted molar refractivity (Wildman–Crippen MR) is 127 cm³/mol. The Morgan fingerprint density at radius 2 is 1.86 bits per heavy atom. The van der Waals surface area contributed by atoms with Crippen LogP contribution in [0.4, 0.5) is 10.1 Å². The second-order valence-corrected chi connectivity index (χ2v) is 6.82. The van der Waals surface area contributed by atoms with Crippen molar-refractivity contribution in [3.05, 3.63) is 54.2 Å². The molecule has 0 unspecified atom stereocenters. The summed E-state index contributed by atoms with van der Waals surface area (Å²) in [4.78, 5) is 9.41. The normalized spacial score (nSPS) is 15.1. The molecule has 0 saturated carbocycles. The van der Waals surface area contributed by atoms with Crippen molar-refractivity contribution in [2.75, 3.05) is 57.3 Å². The first-order chi connectivity index (χ1) is 13.7. The summed E-state index contributed by atoms with van der Waals surface area (Å²) < 4.78 is 18.4. The van der Waals surface area contributed by atoms with Gasteiger partial charge in [-0.1, -0.05) is 0 Å². The van der Waals surface area contributed by atoms with Crippen molar-refractivity contribution in [1.82, 2.24) is 15.5 Å². The largest absolute Gasteiger partial charge is 0.469 e. The molecule has 1 saturated heterocycles. The van der Waals surface area contributed by atoms with Crippen molar-refractivity contribution < 1.29 is 8.81 Å². The Morgan fingerprint density at radius 1 is 1.10 bits per heavy atom. The number of nitrogens with zero attached hydrogens (tertiary/aromatic N) is 3. The summed E-state index contributed by atoms with van der Waals surface area (Å²) in [7, 11) is 0. The van der Waals surface area contributed by atoms with Crippen molar-refractivity contribution in [3.8, 4) is 0 Å². The van der Waals surface area contributed by atoms with Crippen LogP contribution < -0.4 is 15.5 Å². The first kappa shape index (κ1) is 23.5. The molecule has 8 heteroatoms. The molecule has 6 nitrogen and oxygen atoms in total. The molecule has 0 amide bonds. The van der Waals surface area contributed by atoms with E-state index in [1.165, 1.54) is 12.1 Å². The van der Waals surface area contributed by atoms with Crippen LogP contribution in [0.2, 0.25) is 0 Å². The first-order valence-corrected chi connectivity index (χ1v) is 10.0. The van der Waals surface area contributed by atoms with Gasteiger partial charge in [0.05, 0.1) is 12.8 Å². The molecule has 0 radical (unpaired) electrons. The minimum Gasteiger partial charge on any atom is -0.469 e. The second-order valence-electron chi connectivity index (χ2n) is 6.82. The zero-order chi connectivity index (χ0) is 19.6.